The van der Waals surface area contributed by atoms with Crippen LogP contribution in [-0.4, -0.2) is 16.1 Å². The van der Waals surface area contributed by atoms with Gasteiger partial charge in [0, 0.05) is 10.9 Å². The minimum Gasteiger partial charge on any atom is -0.481 e. The lowest BCUT2D eigenvalue weighted by Gasteiger charge is -2.06. The fourth-order valence-corrected chi connectivity index (χ4v) is 3.16. The molecule has 1 heterocycles. The summed E-state index contributed by atoms with van der Waals surface area (Å²) in [6.45, 7) is 4.23. The number of carbonyl (C=O) groups is 1. The molecular weight excluding hydrogens is 345 g/mol. The van der Waals surface area contributed by atoms with E-state index < -0.39 is 5.97 Å². The first-order valence-corrected chi connectivity index (χ1v) is 8.44. The monoisotopic (exact) mass is 361 g/mol. The Hall–Kier alpha value is -1.97. The van der Waals surface area contributed by atoms with E-state index in [2.05, 4.69) is 31.0 Å². The van der Waals surface area contributed by atoms with E-state index in [4.69, 9.17) is 23.2 Å². The summed E-state index contributed by atoms with van der Waals surface area (Å²) in [6.07, 6.45) is -0.0584. The molecule has 0 fully saturated rings. The molecule has 3 rings (SSSR count). The van der Waals surface area contributed by atoms with E-state index in [1.165, 1.54) is 5.56 Å². The number of rotatable bonds is 4. The third-order valence-corrected chi connectivity index (χ3v) is 4.87. The molecule has 0 aliphatic carbocycles. The van der Waals surface area contributed by atoms with Gasteiger partial charge in [-0.05, 0) is 46.9 Å². The molecule has 0 aliphatic rings. The Morgan fingerprint density at radius 2 is 1.88 bits per heavy atom. The molecule has 0 unspecified atom stereocenters. The Morgan fingerprint density at radius 1 is 1.12 bits per heavy atom. The van der Waals surface area contributed by atoms with Crippen molar-refractivity contribution in [3.63, 3.8) is 0 Å². The number of aromatic amines is 1. The summed E-state index contributed by atoms with van der Waals surface area (Å²) < 4.78 is 0. The van der Waals surface area contributed by atoms with Crippen molar-refractivity contribution in [2.75, 3.05) is 0 Å². The maximum Gasteiger partial charge on any atom is 0.307 e. The number of aromatic nitrogens is 1. The summed E-state index contributed by atoms with van der Waals surface area (Å²) in [5, 5.41) is 11.2. The van der Waals surface area contributed by atoms with Crippen LogP contribution in [-0.2, 0) is 11.2 Å². The number of carboxylic acid groups (broad SMARTS) is 1. The highest BCUT2D eigenvalue weighted by Gasteiger charge is 2.17. The Balaban J connectivity index is 2.25. The molecule has 5 heteroatoms. The lowest BCUT2D eigenvalue weighted by atomic mass is 9.98. The number of aliphatic carboxylic acids is 1. The van der Waals surface area contributed by atoms with Gasteiger partial charge < -0.3 is 10.1 Å². The molecule has 124 valence electrons. The van der Waals surface area contributed by atoms with Crippen LogP contribution in [0.4, 0.5) is 0 Å². The predicted molar refractivity (Wildman–Crippen MR) is 99.2 cm³/mol. The van der Waals surface area contributed by atoms with E-state index in [9.17, 15) is 9.90 Å². The van der Waals surface area contributed by atoms with Crippen molar-refractivity contribution in [3.05, 3.63) is 57.6 Å². The van der Waals surface area contributed by atoms with Gasteiger partial charge in [0.1, 0.15) is 0 Å². The van der Waals surface area contributed by atoms with Crippen molar-refractivity contribution in [1.29, 1.82) is 0 Å². The first-order chi connectivity index (χ1) is 11.4. The molecule has 3 aromatic rings. The summed E-state index contributed by atoms with van der Waals surface area (Å²) in [6, 6.07) is 11.4. The average molecular weight is 362 g/mol. The van der Waals surface area contributed by atoms with E-state index in [1.807, 2.05) is 12.1 Å². The zero-order chi connectivity index (χ0) is 17.4. The van der Waals surface area contributed by atoms with Crippen molar-refractivity contribution in [2.45, 2.75) is 26.2 Å². The van der Waals surface area contributed by atoms with Crippen molar-refractivity contribution >= 4 is 40.1 Å². The second-order valence-electron chi connectivity index (χ2n) is 6.14. The van der Waals surface area contributed by atoms with Crippen LogP contribution in [0.3, 0.4) is 0 Å². The molecule has 2 N–H and O–H groups in total. The average Bonchev–Trinajstić information content (AvgIpc) is 2.87. The van der Waals surface area contributed by atoms with E-state index in [0.717, 1.165) is 27.7 Å². The first-order valence-electron chi connectivity index (χ1n) is 7.68. The molecule has 0 amide bonds. The molecule has 0 aliphatic heterocycles. The molecule has 0 spiro atoms. The van der Waals surface area contributed by atoms with Gasteiger partial charge in [0.25, 0.3) is 0 Å². The fourth-order valence-electron chi connectivity index (χ4n) is 2.86. The summed E-state index contributed by atoms with van der Waals surface area (Å²) in [5.74, 6) is -0.498. The van der Waals surface area contributed by atoms with Gasteiger partial charge in [-0.25, -0.2) is 0 Å². The molecule has 0 saturated carbocycles. The standard InChI is InChI=1S/C19H17Cl2NO2/c1-10(2)11-4-6-17-13(7-11)14(9-18(23)24)19(22-17)12-3-5-15(20)16(21)8-12/h3-8,10,22H,9H2,1-2H3,(H,23,24). The van der Waals surface area contributed by atoms with Crippen LogP contribution >= 0.6 is 23.2 Å². The van der Waals surface area contributed by atoms with Gasteiger partial charge in [0.2, 0.25) is 0 Å². The first kappa shape index (κ1) is 16.9. The van der Waals surface area contributed by atoms with E-state index in [-0.39, 0.29) is 6.42 Å². The molecule has 3 nitrogen and oxygen atoms in total. The van der Waals surface area contributed by atoms with Gasteiger partial charge in [-0.1, -0.05) is 49.2 Å². The Morgan fingerprint density at radius 3 is 2.50 bits per heavy atom. The van der Waals surface area contributed by atoms with Crippen molar-refractivity contribution < 1.29 is 9.90 Å². The predicted octanol–water partition coefficient (Wildman–Crippen LogP) is 5.89. The highest BCUT2D eigenvalue weighted by atomic mass is 35.5. The lowest BCUT2D eigenvalue weighted by Crippen LogP contribution is -2.01. The van der Waals surface area contributed by atoms with Crippen molar-refractivity contribution in [1.82, 2.24) is 4.98 Å². The molecule has 0 saturated heterocycles. The smallest absolute Gasteiger partial charge is 0.307 e. The molecule has 0 radical (unpaired) electrons. The van der Waals surface area contributed by atoms with Gasteiger partial charge in [-0.15, -0.1) is 0 Å². The molecular formula is C19H17Cl2NO2. The van der Waals surface area contributed by atoms with Crippen LogP contribution in [0, 0.1) is 0 Å². The quantitative estimate of drug-likeness (QED) is 0.608. The molecule has 0 atom stereocenters. The third-order valence-electron chi connectivity index (χ3n) is 4.13. The minimum absolute atomic E-state index is 0.0584. The number of H-pyrrole nitrogens is 1. The summed E-state index contributed by atoms with van der Waals surface area (Å²) >= 11 is 12.1. The highest BCUT2D eigenvalue weighted by Crippen LogP contribution is 2.35. The Kier molecular flexibility index (Phi) is 4.57. The van der Waals surface area contributed by atoms with Crippen LogP contribution in [0.1, 0.15) is 30.9 Å². The summed E-state index contributed by atoms with van der Waals surface area (Å²) in [5.41, 5.74) is 4.44. The zero-order valence-electron chi connectivity index (χ0n) is 13.4. The second-order valence-corrected chi connectivity index (χ2v) is 6.95. The topological polar surface area (TPSA) is 53.1 Å². The van der Waals surface area contributed by atoms with Gasteiger partial charge in [0.05, 0.1) is 22.2 Å². The fraction of sp³-hybridized carbons (Fsp3) is 0.211. The molecule has 2 aromatic carbocycles. The van der Waals surface area contributed by atoms with Crippen LogP contribution in [0.5, 0.6) is 0 Å². The number of benzene rings is 2. The maximum atomic E-state index is 11.4. The molecule has 0 bridgehead atoms. The SMILES string of the molecule is CC(C)c1ccc2[nH]c(-c3ccc(Cl)c(Cl)c3)c(CC(=O)O)c2c1. The highest BCUT2D eigenvalue weighted by molar-refractivity contribution is 6.42. The van der Waals surface area contributed by atoms with E-state index in [0.29, 0.717) is 16.0 Å². The van der Waals surface area contributed by atoms with Gasteiger partial charge in [-0.3, -0.25) is 4.79 Å². The van der Waals surface area contributed by atoms with Crippen LogP contribution in [0.15, 0.2) is 36.4 Å². The summed E-state index contributed by atoms with van der Waals surface area (Å²) in [4.78, 5) is 14.7. The van der Waals surface area contributed by atoms with Crippen molar-refractivity contribution in [2.24, 2.45) is 0 Å². The van der Waals surface area contributed by atoms with Crippen LogP contribution in [0.25, 0.3) is 22.2 Å². The van der Waals surface area contributed by atoms with Gasteiger partial charge >= 0.3 is 5.97 Å². The Bertz CT molecular complexity index is 929. The number of hydrogen-bond donors (Lipinski definition) is 2. The molecule has 24 heavy (non-hydrogen) atoms. The second kappa shape index (κ2) is 6.50. The largest absolute Gasteiger partial charge is 0.481 e. The van der Waals surface area contributed by atoms with Crippen LogP contribution in [0.2, 0.25) is 10.0 Å². The van der Waals surface area contributed by atoms with Crippen molar-refractivity contribution in [3.8, 4) is 11.3 Å². The third kappa shape index (κ3) is 3.14. The van der Waals surface area contributed by atoms with Gasteiger partial charge in [-0.2, -0.15) is 0 Å². The number of halogens is 2. The van der Waals surface area contributed by atoms with Gasteiger partial charge in [0.15, 0.2) is 0 Å². The van der Waals surface area contributed by atoms with E-state index in [1.54, 1.807) is 12.1 Å². The van der Waals surface area contributed by atoms with E-state index >= 15 is 0 Å². The zero-order valence-corrected chi connectivity index (χ0v) is 14.9. The number of nitrogens with one attached hydrogen (secondary N) is 1. The van der Waals surface area contributed by atoms with Crippen LogP contribution < -0.4 is 0 Å². The minimum atomic E-state index is -0.868. The molecule has 1 aromatic heterocycles. The normalized spacial score (nSPS) is 11.4. The summed E-state index contributed by atoms with van der Waals surface area (Å²) in [7, 11) is 0. The Labute approximate surface area is 150 Å². The maximum absolute atomic E-state index is 11.4. The lowest BCUT2D eigenvalue weighted by molar-refractivity contribution is -0.136. The number of fused-ring (bicyclic) bond motifs is 1. The number of carboxylic acids is 1. The number of hydrogen-bond acceptors (Lipinski definition) is 1.